The van der Waals surface area contributed by atoms with Gasteiger partial charge in [0, 0.05) is 35.6 Å². The number of H-pyrrole nitrogens is 1. The molecule has 2 aromatic carbocycles. The molecule has 0 saturated carbocycles. The summed E-state index contributed by atoms with van der Waals surface area (Å²) >= 11 is 0. The number of aromatic amines is 1. The van der Waals surface area contributed by atoms with Crippen molar-refractivity contribution in [2.24, 2.45) is 0 Å². The van der Waals surface area contributed by atoms with E-state index in [0.29, 0.717) is 46.0 Å². The van der Waals surface area contributed by atoms with E-state index in [1.54, 1.807) is 36.5 Å². The maximum Gasteiger partial charge on any atom is 0.258 e. The fourth-order valence-electron chi connectivity index (χ4n) is 4.00. The van der Waals surface area contributed by atoms with Crippen molar-refractivity contribution < 1.29 is 9.18 Å². The molecule has 5 rings (SSSR count). The summed E-state index contributed by atoms with van der Waals surface area (Å²) in [6.07, 6.45) is 2.58. The van der Waals surface area contributed by atoms with Crippen molar-refractivity contribution >= 4 is 16.8 Å². The maximum atomic E-state index is 13.6. The van der Waals surface area contributed by atoms with Crippen LogP contribution >= 0.6 is 0 Å². The zero-order valence-corrected chi connectivity index (χ0v) is 17.4. The minimum absolute atomic E-state index is 0.00325. The Balaban J connectivity index is 1.39. The topological polar surface area (TPSA) is 95.9 Å². The molecule has 4 aromatic rings. The third-order valence-electron chi connectivity index (χ3n) is 5.84. The Morgan fingerprint density at radius 3 is 2.75 bits per heavy atom. The summed E-state index contributed by atoms with van der Waals surface area (Å²) in [5, 5.41) is 12.0. The van der Waals surface area contributed by atoms with Crippen LogP contribution in [0.3, 0.4) is 0 Å². The quantitative estimate of drug-likeness (QED) is 0.516. The van der Waals surface area contributed by atoms with Gasteiger partial charge in [-0.15, -0.1) is 5.10 Å². The minimum atomic E-state index is -0.385. The van der Waals surface area contributed by atoms with Crippen molar-refractivity contribution in [2.45, 2.75) is 12.5 Å². The number of carbonyl (C=O) groups excluding carboxylic acids is 1. The molecule has 1 saturated heterocycles. The summed E-state index contributed by atoms with van der Waals surface area (Å²) < 4.78 is 15.1. The number of pyridine rings is 1. The zero-order chi connectivity index (χ0) is 22.2. The van der Waals surface area contributed by atoms with Gasteiger partial charge in [0.2, 0.25) is 0 Å². The summed E-state index contributed by atoms with van der Waals surface area (Å²) in [5.74, 6) is -0.382. The highest BCUT2D eigenvalue weighted by atomic mass is 19.1. The van der Waals surface area contributed by atoms with Gasteiger partial charge in [0.15, 0.2) is 0 Å². The van der Waals surface area contributed by atoms with Crippen molar-refractivity contribution in [3.63, 3.8) is 0 Å². The third-order valence-corrected chi connectivity index (χ3v) is 5.84. The first-order chi connectivity index (χ1) is 15.5. The van der Waals surface area contributed by atoms with E-state index in [1.807, 2.05) is 11.9 Å². The first-order valence-corrected chi connectivity index (χ1v) is 10.3. The van der Waals surface area contributed by atoms with Gasteiger partial charge in [-0.1, -0.05) is 5.21 Å². The van der Waals surface area contributed by atoms with Crippen LogP contribution in [0.25, 0.3) is 27.8 Å². The highest BCUT2D eigenvalue weighted by molar-refractivity contribution is 5.94. The van der Waals surface area contributed by atoms with Crippen molar-refractivity contribution in [1.29, 1.82) is 0 Å². The van der Waals surface area contributed by atoms with Crippen LogP contribution < -0.4 is 10.9 Å². The molecule has 2 aromatic heterocycles. The lowest BCUT2D eigenvalue weighted by atomic mass is 10.1. The molecule has 0 bridgehead atoms. The molecule has 0 spiro atoms. The average molecular weight is 432 g/mol. The van der Waals surface area contributed by atoms with Crippen LogP contribution in [0.1, 0.15) is 16.8 Å². The molecule has 1 amide bonds. The predicted octanol–water partition coefficient (Wildman–Crippen LogP) is 2.35. The first kappa shape index (κ1) is 20.1. The van der Waals surface area contributed by atoms with Gasteiger partial charge in [0.25, 0.3) is 11.5 Å². The Bertz CT molecular complexity index is 1360. The highest BCUT2D eigenvalue weighted by Crippen LogP contribution is 2.20. The van der Waals surface area contributed by atoms with Gasteiger partial charge in [-0.2, -0.15) is 0 Å². The van der Waals surface area contributed by atoms with E-state index < -0.39 is 0 Å². The lowest BCUT2D eigenvalue weighted by molar-refractivity contribution is 0.0789. The van der Waals surface area contributed by atoms with Crippen LogP contribution in [0, 0.1) is 5.82 Å². The molecular weight excluding hydrogens is 411 g/mol. The van der Waals surface area contributed by atoms with E-state index in [2.05, 4.69) is 20.6 Å². The van der Waals surface area contributed by atoms with Gasteiger partial charge >= 0.3 is 0 Å². The smallest absolute Gasteiger partial charge is 0.258 e. The standard InChI is InChI=1S/C23H21FN6O2/c1-25-17-8-9-29(12-17)23(32)14-2-5-18(6-3-14)30-13-21(27-28-30)19-11-15-10-16(24)4-7-20(15)26-22(19)31/h2-7,10-11,13,17,25H,8-9,12H2,1H3,(H,26,31). The van der Waals surface area contributed by atoms with Gasteiger partial charge < -0.3 is 15.2 Å². The Morgan fingerprint density at radius 1 is 1.19 bits per heavy atom. The highest BCUT2D eigenvalue weighted by Gasteiger charge is 2.25. The fraction of sp³-hybridized carbons (Fsp3) is 0.217. The normalized spacial score (nSPS) is 16.1. The second-order valence-corrected chi connectivity index (χ2v) is 7.86. The summed E-state index contributed by atoms with van der Waals surface area (Å²) in [6.45, 7) is 1.44. The molecule has 9 heteroatoms. The molecule has 1 aliphatic heterocycles. The van der Waals surface area contributed by atoms with Gasteiger partial charge in [0.05, 0.1) is 17.4 Å². The second-order valence-electron chi connectivity index (χ2n) is 7.86. The van der Waals surface area contributed by atoms with Crippen molar-refractivity contribution in [1.82, 2.24) is 30.2 Å². The zero-order valence-electron chi connectivity index (χ0n) is 17.4. The number of carbonyl (C=O) groups is 1. The monoisotopic (exact) mass is 432 g/mol. The molecule has 1 aliphatic rings. The summed E-state index contributed by atoms with van der Waals surface area (Å²) in [7, 11) is 1.91. The van der Waals surface area contributed by atoms with Crippen LogP contribution in [0.15, 0.2) is 59.5 Å². The number of fused-ring (bicyclic) bond motifs is 1. The molecule has 1 fully saturated rings. The molecule has 32 heavy (non-hydrogen) atoms. The summed E-state index contributed by atoms with van der Waals surface area (Å²) in [5.41, 5.74) is 2.20. The molecule has 1 atom stereocenters. The number of rotatable bonds is 4. The molecule has 2 N–H and O–H groups in total. The molecule has 0 radical (unpaired) electrons. The number of likely N-dealkylation sites (tertiary alicyclic amines) is 1. The van der Waals surface area contributed by atoms with Gasteiger partial charge in [-0.05, 0) is 62.0 Å². The summed E-state index contributed by atoms with van der Waals surface area (Å²) in [4.78, 5) is 29.8. The Morgan fingerprint density at radius 2 is 2.00 bits per heavy atom. The number of nitrogens with one attached hydrogen (secondary N) is 2. The van der Waals surface area contributed by atoms with E-state index in [0.717, 1.165) is 13.0 Å². The third kappa shape index (κ3) is 3.67. The number of aromatic nitrogens is 4. The van der Waals surface area contributed by atoms with E-state index >= 15 is 0 Å². The second kappa shape index (κ2) is 8.01. The fourth-order valence-corrected chi connectivity index (χ4v) is 4.00. The number of halogens is 1. The van der Waals surface area contributed by atoms with Crippen LogP contribution in [0.5, 0.6) is 0 Å². The molecular formula is C23H21FN6O2. The largest absolute Gasteiger partial charge is 0.337 e. The van der Waals surface area contributed by atoms with Crippen molar-refractivity contribution in [3.8, 4) is 16.9 Å². The van der Waals surface area contributed by atoms with E-state index in [4.69, 9.17) is 0 Å². The maximum absolute atomic E-state index is 13.6. The average Bonchev–Trinajstić information content (AvgIpc) is 3.48. The summed E-state index contributed by atoms with van der Waals surface area (Å²) in [6, 6.07) is 13.2. The molecule has 0 aliphatic carbocycles. The van der Waals surface area contributed by atoms with E-state index in [1.165, 1.54) is 22.9 Å². The van der Waals surface area contributed by atoms with E-state index in [9.17, 15) is 14.0 Å². The van der Waals surface area contributed by atoms with Gasteiger partial charge in [-0.3, -0.25) is 9.59 Å². The van der Waals surface area contributed by atoms with Gasteiger partial charge in [-0.25, -0.2) is 9.07 Å². The number of hydrogen-bond acceptors (Lipinski definition) is 5. The van der Waals surface area contributed by atoms with Crippen LogP contribution in [-0.4, -0.2) is 57.0 Å². The number of nitrogens with zero attached hydrogens (tertiary/aromatic N) is 4. The molecule has 1 unspecified atom stereocenters. The van der Waals surface area contributed by atoms with Gasteiger partial charge in [0.1, 0.15) is 11.5 Å². The number of hydrogen-bond donors (Lipinski definition) is 2. The Hall–Kier alpha value is -3.85. The lowest BCUT2D eigenvalue weighted by Crippen LogP contribution is -2.33. The van der Waals surface area contributed by atoms with Crippen molar-refractivity contribution in [3.05, 3.63) is 76.5 Å². The predicted molar refractivity (Wildman–Crippen MR) is 118 cm³/mol. The SMILES string of the molecule is CNC1CCN(C(=O)c2ccc(-n3cc(-c4cc5cc(F)ccc5[nH]c4=O)nn3)cc2)C1. The minimum Gasteiger partial charge on any atom is -0.337 e. The van der Waals surface area contributed by atoms with Crippen LogP contribution in [0.2, 0.25) is 0 Å². The molecule has 3 heterocycles. The van der Waals surface area contributed by atoms with Crippen LogP contribution in [0.4, 0.5) is 4.39 Å². The van der Waals surface area contributed by atoms with Crippen molar-refractivity contribution in [2.75, 3.05) is 20.1 Å². The first-order valence-electron chi connectivity index (χ1n) is 10.3. The number of likely N-dealkylation sites (N-methyl/N-ethyl adjacent to an activating group) is 1. The molecule has 162 valence electrons. The van der Waals surface area contributed by atoms with Crippen LogP contribution in [-0.2, 0) is 0 Å². The Kier molecular flexibility index (Phi) is 5.02. The van der Waals surface area contributed by atoms with E-state index in [-0.39, 0.29) is 17.3 Å². The lowest BCUT2D eigenvalue weighted by Gasteiger charge is -2.16. The Labute approximate surface area is 182 Å². The molecule has 8 nitrogen and oxygen atoms in total. The number of benzene rings is 2. The number of amides is 1.